The van der Waals surface area contributed by atoms with E-state index in [4.69, 9.17) is 24.5 Å². The van der Waals surface area contributed by atoms with Crippen molar-refractivity contribution in [1.82, 2.24) is 0 Å². The van der Waals surface area contributed by atoms with Gasteiger partial charge in [-0.2, -0.15) is 0 Å². The zero-order chi connectivity index (χ0) is 22.6. The first-order valence-electron chi connectivity index (χ1n) is 10.1. The molecule has 0 aliphatic carbocycles. The Labute approximate surface area is 179 Å². The molecule has 0 aromatic heterocycles. The molecule has 1 heterocycles. The van der Waals surface area contributed by atoms with Crippen LogP contribution < -0.4 is 10.5 Å². The first kappa shape index (κ1) is 24.2. The van der Waals surface area contributed by atoms with Crippen molar-refractivity contribution in [3.63, 3.8) is 0 Å². The summed E-state index contributed by atoms with van der Waals surface area (Å²) in [4.78, 5) is 16.7. The number of carbonyl (C=O) groups excluding carboxylic acids is 1. The third-order valence-corrected chi connectivity index (χ3v) is 10.3. The summed E-state index contributed by atoms with van der Waals surface area (Å²) in [6, 6.07) is 7.22. The highest BCUT2D eigenvalue weighted by molar-refractivity contribution is 6.74. The van der Waals surface area contributed by atoms with Crippen LogP contribution in [0.2, 0.25) is 18.1 Å². The largest absolute Gasteiger partial charge is 0.497 e. The fourth-order valence-electron chi connectivity index (χ4n) is 2.86. The Morgan fingerprint density at radius 2 is 1.97 bits per heavy atom. The number of carbonyl (C=O) groups is 1. The average molecular weight is 439 g/mol. The van der Waals surface area contributed by atoms with E-state index in [9.17, 15) is 9.90 Å². The van der Waals surface area contributed by atoms with Gasteiger partial charge in [-0.15, -0.1) is 0 Å². The maximum absolute atomic E-state index is 11.4. The maximum atomic E-state index is 11.4. The van der Waals surface area contributed by atoms with Crippen molar-refractivity contribution >= 4 is 20.1 Å². The monoisotopic (exact) mass is 438 g/mol. The quantitative estimate of drug-likeness (QED) is 0.570. The molecule has 0 spiro atoms. The fourth-order valence-corrected chi connectivity index (χ4v) is 3.90. The lowest BCUT2D eigenvalue weighted by Crippen LogP contribution is -2.47. The highest BCUT2D eigenvalue weighted by atomic mass is 28.4. The SMILES string of the molecule is COc1ccc(CC(OC(N)=O)C2(O)CC(CCO[Si](C)(C)C(C)(C)C)=NO2)cc1. The first-order chi connectivity index (χ1) is 13.9. The summed E-state index contributed by atoms with van der Waals surface area (Å²) in [5, 5.41) is 15.1. The lowest BCUT2D eigenvalue weighted by Gasteiger charge is -2.36. The van der Waals surface area contributed by atoms with Gasteiger partial charge in [0.2, 0.25) is 0 Å². The zero-order valence-corrected chi connectivity index (χ0v) is 19.7. The molecule has 30 heavy (non-hydrogen) atoms. The van der Waals surface area contributed by atoms with Crippen molar-refractivity contribution in [2.75, 3.05) is 13.7 Å². The zero-order valence-electron chi connectivity index (χ0n) is 18.7. The summed E-state index contributed by atoms with van der Waals surface area (Å²) in [6.07, 6.45) is -1.14. The van der Waals surface area contributed by atoms with Gasteiger partial charge < -0.3 is 29.6 Å². The normalized spacial score (nSPS) is 20.3. The minimum absolute atomic E-state index is 0.112. The number of nitrogens with zero attached hydrogens (tertiary/aromatic N) is 1. The summed E-state index contributed by atoms with van der Waals surface area (Å²) in [6.45, 7) is 11.4. The van der Waals surface area contributed by atoms with Gasteiger partial charge in [0.15, 0.2) is 14.4 Å². The number of hydrogen-bond donors (Lipinski definition) is 2. The molecule has 2 atom stereocenters. The number of aliphatic hydroxyl groups is 1. The van der Waals surface area contributed by atoms with Gasteiger partial charge in [0.25, 0.3) is 5.79 Å². The Bertz CT molecular complexity index is 760. The molecule has 1 aromatic rings. The van der Waals surface area contributed by atoms with E-state index in [1.165, 1.54) is 0 Å². The molecule has 1 amide bonds. The van der Waals surface area contributed by atoms with Gasteiger partial charge in [0.05, 0.1) is 19.2 Å². The summed E-state index contributed by atoms with van der Waals surface area (Å²) < 4.78 is 16.5. The van der Waals surface area contributed by atoms with Crippen LogP contribution in [0.4, 0.5) is 4.79 Å². The van der Waals surface area contributed by atoms with E-state index in [0.29, 0.717) is 24.5 Å². The van der Waals surface area contributed by atoms with E-state index in [1.807, 2.05) is 12.1 Å². The van der Waals surface area contributed by atoms with E-state index < -0.39 is 26.3 Å². The second-order valence-corrected chi connectivity index (χ2v) is 13.9. The van der Waals surface area contributed by atoms with Crippen LogP contribution in [0.15, 0.2) is 29.4 Å². The van der Waals surface area contributed by atoms with Crippen LogP contribution in [-0.4, -0.2) is 50.8 Å². The molecule has 1 aromatic carbocycles. The summed E-state index contributed by atoms with van der Waals surface area (Å²) in [5.74, 6) is -1.07. The van der Waals surface area contributed by atoms with Crippen LogP contribution in [0.25, 0.3) is 0 Å². The Morgan fingerprint density at radius 3 is 2.50 bits per heavy atom. The fraction of sp³-hybridized carbons (Fsp3) is 0.619. The molecule has 0 saturated carbocycles. The average Bonchev–Trinajstić information content (AvgIpc) is 3.03. The molecular formula is C21H34N2O6Si. The summed E-state index contributed by atoms with van der Waals surface area (Å²) >= 11 is 0. The number of methoxy groups -OCH3 is 1. The minimum Gasteiger partial charge on any atom is -0.497 e. The highest BCUT2D eigenvalue weighted by Crippen LogP contribution is 2.37. The molecule has 3 N–H and O–H groups in total. The molecule has 0 fully saturated rings. The van der Waals surface area contributed by atoms with Crippen LogP contribution in [0.1, 0.15) is 39.2 Å². The van der Waals surface area contributed by atoms with E-state index in [2.05, 4.69) is 39.0 Å². The molecule has 2 unspecified atom stereocenters. The van der Waals surface area contributed by atoms with Crippen molar-refractivity contribution in [2.24, 2.45) is 10.9 Å². The van der Waals surface area contributed by atoms with Gasteiger partial charge in [0, 0.05) is 19.4 Å². The third kappa shape index (κ3) is 6.20. The number of rotatable bonds is 9. The van der Waals surface area contributed by atoms with Gasteiger partial charge in [-0.25, -0.2) is 4.79 Å². The number of ether oxygens (including phenoxy) is 2. The molecule has 168 valence electrons. The number of benzene rings is 1. The molecule has 1 aliphatic heterocycles. The predicted molar refractivity (Wildman–Crippen MR) is 117 cm³/mol. The Morgan fingerprint density at radius 1 is 1.33 bits per heavy atom. The van der Waals surface area contributed by atoms with Crippen LogP contribution in [0.3, 0.4) is 0 Å². The summed E-state index contributed by atoms with van der Waals surface area (Å²) in [7, 11) is -0.289. The van der Waals surface area contributed by atoms with Crippen LogP contribution >= 0.6 is 0 Å². The summed E-state index contributed by atoms with van der Waals surface area (Å²) in [5.41, 5.74) is 6.71. The van der Waals surface area contributed by atoms with Crippen molar-refractivity contribution in [3.05, 3.63) is 29.8 Å². The Kier molecular flexibility index (Phi) is 7.54. The van der Waals surface area contributed by atoms with Crippen LogP contribution in [0.5, 0.6) is 5.75 Å². The highest BCUT2D eigenvalue weighted by Gasteiger charge is 2.47. The van der Waals surface area contributed by atoms with Gasteiger partial charge in [0.1, 0.15) is 5.75 Å². The number of hydrogen-bond acceptors (Lipinski definition) is 7. The first-order valence-corrected chi connectivity index (χ1v) is 13.0. The van der Waals surface area contributed by atoms with Crippen molar-refractivity contribution in [2.45, 2.75) is 70.1 Å². The Balaban J connectivity index is 2.00. The maximum Gasteiger partial charge on any atom is 0.405 e. The minimum atomic E-state index is -1.87. The van der Waals surface area contributed by atoms with Crippen molar-refractivity contribution < 1.29 is 28.6 Å². The van der Waals surface area contributed by atoms with E-state index in [1.54, 1.807) is 19.2 Å². The standard InChI is InChI=1S/C21H34N2O6Si/c1-20(2,3)30(5,6)27-12-11-16-14-21(25,29-23-16)18(28-19(22)24)13-15-7-9-17(26-4)10-8-15/h7-10,18,25H,11-14H2,1-6H3,(H2,22,24). The molecule has 0 saturated heterocycles. The third-order valence-electron chi connectivity index (χ3n) is 5.79. The van der Waals surface area contributed by atoms with Gasteiger partial charge in [-0.05, 0) is 35.8 Å². The topological polar surface area (TPSA) is 113 Å². The molecule has 2 rings (SSSR count). The Hall–Kier alpha value is -2.10. The number of oxime groups is 1. The van der Waals surface area contributed by atoms with E-state index in [-0.39, 0.29) is 17.9 Å². The number of amides is 1. The lowest BCUT2D eigenvalue weighted by molar-refractivity contribution is -0.239. The number of nitrogens with two attached hydrogens (primary N) is 1. The molecule has 0 radical (unpaired) electrons. The van der Waals surface area contributed by atoms with Crippen molar-refractivity contribution in [3.8, 4) is 5.75 Å². The molecular weight excluding hydrogens is 404 g/mol. The van der Waals surface area contributed by atoms with E-state index in [0.717, 1.165) is 5.56 Å². The molecule has 0 bridgehead atoms. The smallest absolute Gasteiger partial charge is 0.405 e. The van der Waals surface area contributed by atoms with Crippen LogP contribution in [0, 0.1) is 0 Å². The van der Waals surface area contributed by atoms with Gasteiger partial charge in [-0.1, -0.05) is 38.1 Å². The molecule has 9 heteroatoms. The van der Waals surface area contributed by atoms with Gasteiger partial charge >= 0.3 is 6.09 Å². The van der Waals surface area contributed by atoms with E-state index >= 15 is 0 Å². The van der Waals surface area contributed by atoms with Crippen LogP contribution in [-0.2, 0) is 20.4 Å². The second kappa shape index (κ2) is 9.36. The number of primary amides is 1. The molecule has 1 aliphatic rings. The predicted octanol–water partition coefficient (Wildman–Crippen LogP) is 3.58. The molecule has 8 nitrogen and oxygen atoms in total. The van der Waals surface area contributed by atoms with Gasteiger partial charge in [-0.3, -0.25) is 0 Å². The second-order valence-electron chi connectivity index (χ2n) is 9.11. The lowest BCUT2D eigenvalue weighted by atomic mass is 9.96. The van der Waals surface area contributed by atoms with Crippen molar-refractivity contribution in [1.29, 1.82) is 0 Å².